The second kappa shape index (κ2) is 3.20. The van der Waals surface area contributed by atoms with Crippen molar-refractivity contribution in [2.24, 2.45) is 7.05 Å². The first-order valence-corrected chi connectivity index (χ1v) is 4.51. The van der Waals surface area contributed by atoms with Crippen molar-refractivity contribution in [2.45, 2.75) is 25.3 Å². The van der Waals surface area contributed by atoms with E-state index in [1.54, 1.807) is 4.68 Å². The van der Waals surface area contributed by atoms with E-state index in [0.717, 1.165) is 12.8 Å². The predicted octanol–water partition coefficient (Wildman–Crippen LogP) is 0.241. The van der Waals surface area contributed by atoms with Gasteiger partial charge in [0.1, 0.15) is 0 Å². The molecule has 1 atom stereocenters. The van der Waals surface area contributed by atoms with E-state index in [1.165, 1.54) is 5.56 Å². The number of hydrogen-bond acceptors (Lipinski definition) is 2. The van der Waals surface area contributed by atoms with Crippen LogP contribution in [0.2, 0.25) is 0 Å². The highest BCUT2D eigenvalue weighted by Gasteiger charge is 2.20. The Hall–Kier alpha value is -1.32. The van der Waals surface area contributed by atoms with Gasteiger partial charge >= 0.3 is 0 Å². The molecule has 1 aromatic rings. The number of nitrogens with one attached hydrogen (secondary N) is 1. The van der Waals surface area contributed by atoms with Gasteiger partial charge in [0.2, 0.25) is 5.91 Å². The van der Waals surface area contributed by atoms with E-state index < -0.39 is 0 Å². The Morgan fingerprint density at radius 1 is 1.77 bits per heavy atom. The molecule has 1 aromatic heterocycles. The zero-order chi connectivity index (χ0) is 9.26. The molecule has 13 heavy (non-hydrogen) atoms. The van der Waals surface area contributed by atoms with Crippen LogP contribution in [-0.4, -0.2) is 21.7 Å². The van der Waals surface area contributed by atoms with Gasteiger partial charge in [-0.1, -0.05) is 0 Å². The summed E-state index contributed by atoms with van der Waals surface area (Å²) in [4.78, 5) is 10.9. The van der Waals surface area contributed by atoms with Crippen LogP contribution in [0.15, 0.2) is 12.4 Å². The minimum atomic E-state index is 0.175. The van der Waals surface area contributed by atoms with Gasteiger partial charge < -0.3 is 5.32 Å². The quantitative estimate of drug-likeness (QED) is 0.707. The Morgan fingerprint density at radius 3 is 3.15 bits per heavy atom. The zero-order valence-corrected chi connectivity index (χ0v) is 7.66. The lowest BCUT2D eigenvalue weighted by Crippen LogP contribution is -2.26. The average molecular weight is 179 g/mol. The molecule has 2 rings (SSSR count). The number of hydrogen-bond donors (Lipinski definition) is 1. The molecule has 1 aliphatic rings. The van der Waals surface area contributed by atoms with E-state index in [2.05, 4.69) is 10.4 Å². The summed E-state index contributed by atoms with van der Waals surface area (Å²) in [5, 5.41) is 7.02. The van der Waals surface area contributed by atoms with Crippen LogP contribution in [0.3, 0.4) is 0 Å². The summed E-state index contributed by atoms with van der Waals surface area (Å²) in [5.41, 5.74) is 1.19. The van der Waals surface area contributed by atoms with Crippen LogP contribution in [0.1, 0.15) is 18.4 Å². The molecule has 4 heteroatoms. The van der Waals surface area contributed by atoms with Crippen LogP contribution in [0.25, 0.3) is 0 Å². The monoisotopic (exact) mass is 179 g/mol. The Kier molecular flexibility index (Phi) is 2.04. The number of carbonyl (C=O) groups excluding carboxylic acids is 1. The molecule has 0 radical (unpaired) electrons. The van der Waals surface area contributed by atoms with Crippen molar-refractivity contribution in [1.82, 2.24) is 15.1 Å². The molecule has 4 nitrogen and oxygen atoms in total. The molecular formula is C9H13N3O. The molecule has 1 aliphatic heterocycles. The molecule has 0 unspecified atom stereocenters. The summed E-state index contributed by atoms with van der Waals surface area (Å²) in [5.74, 6) is 0.175. The lowest BCUT2D eigenvalue weighted by Gasteiger charge is -2.06. The fraction of sp³-hybridized carbons (Fsp3) is 0.556. The Morgan fingerprint density at radius 2 is 2.62 bits per heavy atom. The van der Waals surface area contributed by atoms with Gasteiger partial charge in [-0.3, -0.25) is 9.48 Å². The second-order valence-corrected chi connectivity index (χ2v) is 3.53. The van der Waals surface area contributed by atoms with Crippen molar-refractivity contribution >= 4 is 5.91 Å². The molecule has 0 bridgehead atoms. The molecule has 1 saturated heterocycles. The van der Waals surface area contributed by atoms with Crippen molar-refractivity contribution in [2.75, 3.05) is 0 Å². The molecule has 1 fully saturated rings. The van der Waals surface area contributed by atoms with E-state index >= 15 is 0 Å². The SMILES string of the molecule is Cn1cc(C[C@H]2CCC(=O)N2)cn1. The molecule has 70 valence electrons. The topological polar surface area (TPSA) is 46.9 Å². The molecule has 0 saturated carbocycles. The molecule has 0 aromatic carbocycles. The summed E-state index contributed by atoms with van der Waals surface area (Å²) in [7, 11) is 1.90. The molecular weight excluding hydrogens is 166 g/mol. The van der Waals surface area contributed by atoms with Crippen molar-refractivity contribution in [3.63, 3.8) is 0 Å². The van der Waals surface area contributed by atoms with Crippen molar-refractivity contribution in [3.8, 4) is 0 Å². The van der Waals surface area contributed by atoms with Crippen LogP contribution in [0.4, 0.5) is 0 Å². The highest BCUT2D eigenvalue weighted by atomic mass is 16.1. The lowest BCUT2D eigenvalue weighted by atomic mass is 10.1. The number of aromatic nitrogens is 2. The fourth-order valence-electron chi connectivity index (χ4n) is 1.69. The van der Waals surface area contributed by atoms with Gasteiger partial charge in [-0.15, -0.1) is 0 Å². The third-order valence-corrected chi connectivity index (χ3v) is 2.33. The van der Waals surface area contributed by atoms with Gasteiger partial charge in [0.25, 0.3) is 0 Å². The number of carbonyl (C=O) groups is 1. The maximum absolute atomic E-state index is 10.9. The summed E-state index contributed by atoms with van der Waals surface area (Å²) in [6, 6.07) is 0.316. The van der Waals surface area contributed by atoms with Crippen molar-refractivity contribution in [3.05, 3.63) is 18.0 Å². The van der Waals surface area contributed by atoms with Gasteiger partial charge in [0.15, 0.2) is 0 Å². The summed E-state index contributed by atoms with van der Waals surface area (Å²) in [6.45, 7) is 0. The summed E-state index contributed by atoms with van der Waals surface area (Å²) in [6.07, 6.45) is 6.37. The van der Waals surface area contributed by atoms with Gasteiger partial charge in [-0.2, -0.15) is 5.10 Å². The Balaban J connectivity index is 1.95. The standard InChI is InChI=1S/C9H13N3O/c1-12-6-7(5-10-12)4-8-2-3-9(13)11-8/h5-6,8H,2-4H2,1H3,(H,11,13)/t8-/m1/s1. The van der Waals surface area contributed by atoms with Crippen molar-refractivity contribution < 1.29 is 4.79 Å². The van der Waals surface area contributed by atoms with Crippen LogP contribution < -0.4 is 5.32 Å². The van der Waals surface area contributed by atoms with E-state index in [4.69, 9.17) is 0 Å². The summed E-state index contributed by atoms with van der Waals surface area (Å²) >= 11 is 0. The summed E-state index contributed by atoms with van der Waals surface area (Å²) < 4.78 is 1.78. The number of rotatable bonds is 2. The maximum Gasteiger partial charge on any atom is 0.220 e. The maximum atomic E-state index is 10.9. The van der Waals surface area contributed by atoms with Gasteiger partial charge in [-0.25, -0.2) is 0 Å². The molecule has 1 N–H and O–H groups in total. The van der Waals surface area contributed by atoms with Crippen LogP contribution >= 0.6 is 0 Å². The first-order chi connectivity index (χ1) is 6.24. The predicted molar refractivity (Wildman–Crippen MR) is 48.1 cm³/mol. The highest BCUT2D eigenvalue weighted by molar-refractivity contribution is 5.78. The molecule has 1 amide bonds. The van der Waals surface area contributed by atoms with Crippen LogP contribution in [-0.2, 0) is 18.3 Å². The number of nitrogens with zero attached hydrogens (tertiary/aromatic N) is 2. The number of aryl methyl sites for hydroxylation is 1. The van der Waals surface area contributed by atoms with Gasteiger partial charge in [-0.05, 0) is 18.4 Å². The van der Waals surface area contributed by atoms with E-state index in [-0.39, 0.29) is 5.91 Å². The largest absolute Gasteiger partial charge is 0.353 e. The first-order valence-electron chi connectivity index (χ1n) is 4.51. The molecule has 0 aliphatic carbocycles. The second-order valence-electron chi connectivity index (χ2n) is 3.53. The third kappa shape index (κ3) is 1.88. The normalized spacial score (nSPS) is 21.9. The van der Waals surface area contributed by atoms with E-state index in [0.29, 0.717) is 12.5 Å². The average Bonchev–Trinajstić information content (AvgIpc) is 2.62. The Labute approximate surface area is 76.9 Å². The molecule has 2 heterocycles. The minimum absolute atomic E-state index is 0.175. The van der Waals surface area contributed by atoms with E-state index in [9.17, 15) is 4.79 Å². The third-order valence-electron chi connectivity index (χ3n) is 2.33. The van der Waals surface area contributed by atoms with Crippen LogP contribution in [0.5, 0.6) is 0 Å². The van der Waals surface area contributed by atoms with Gasteiger partial charge in [0, 0.05) is 25.7 Å². The minimum Gasteiger partial charge on any atom is -0.353 e. The highest BCUT2D eigenvalue weighted by Crippen LogP contribution is 2.11. The lowest BCUT2D eigenvalue weighted by molar-refractivity contribution is -0.119. The fourth-order valence-corrected chi connectivity index (χ4v) is 1.69. The van der Waals surface area contributed by atoms with Gasteiger partial charge in [0.05, 0.1) is 6.20 Å². The number of amides is 1. The molecule has 0 spiro atoms. The Bertz CT molecular complexity index is 318. The smallest absolute Gasteiger partial charge is 0.220 e. The first kappa shape index (κ1) is 8.29. The zero-order valence-electron chi connectivity index (χ0n) is 7.66. The van der Waals surface area contributed by atoms with Crippen LogP contribution in [0, 0.1) is 0 Å². The van der Waals surface area contributed by atoms with Crippen molar-refractivity contribution in [1.29, 1.82) is 0 Å². The van der Waals surface area contributed by atoms with E-state index in [1.807, 2.05) is 19.4 Å².